The SMILES string of the molecule is CCCOc1ccc(C(=O)Nc2cccc(COCCOCC)c2)cc1OCC. The molecule has 0 bridgehead atoms. The van der Waals surface area contributed by atoms with Crippen LogP contribution in [0.5, 0.6) is 11.5 Å². The van der Waals surface area contributed by atoms with E-state index in [0.717, 1.165) is 12.0 Å². The third-order valence-corrected chi connectivity index (χ3v) is 4.00. The fraction of sp³-hybridized carbons (Fsp3) is 0.435. The fourth-order valence-electron chi connectivity index (χ4n) is 2.64. The summed E-state index contributed by atoms with van der Waals surface area (Å²) < 4.78 is 22.2. The van der Waals surface area contributed by atoms with Gasteiger partial charge in [0.15, 0.2) is 11.5 Å². The Hall–Kier alpha value is -2.57. The molecule has 29 heavy (non-hydrogen) atoms. The molecule has 0 radical (unpaired) electrons. The Bertz CT molecular complexity index is 763. The van der Waals surface area contributed by atoms with Crippen LogP contribution in [0.1, 0.15) is 43.1 Å². The summed E-state index contributed by atoms with van der Waals surface area (Å²) in [5.41, 5.74) is 2.21. The molecule has 0 fully saturated rings. The maximum absolute atomic E-state index is 12.7. The van der Waals surface area contributed by atoms with Crippen LogP contribution in [0, 0.1) is 0 Å². The molecule has 2 rings (SSSR count). The van der Waals surface area contributed by atoms with Crippen molar-refractivity contribution in [3.05, 3.63) is 53.6 Å². The predicted octanol–water partition coefficient (Wildman–Crippen LogP) is 4.68. The Morgan fingerprint density at radius 2 is 1.69 bits per heavy atom. The van der Waals surface area contributed by atoms with E-state index in [-0.39, 0.29) is 5.91 Å². The van der Waals surface area contributed by atoms with Gasteiger partial charge in [0, 0.05) is 17.9 Å². The number of carbonyl (C=O) groups is 1. The Kier molecular flexibility index (Phi) is 10.0. The standard InChI is InChI=1S/C23H31NO5/c1-4-12-29-21-11-10-19(16-22(21)28-6-3)23(25)24-20-9-7-8-18(15-20)17-27-14-13-26-5-2/h7-11,15-16H,4-6,12-14,17H2,1-3H3,(H,24,25). The van der Waals surface area contributed by atoms with Gasteiger partial charge >= 0.3 is 0 Å². The molecule has 2 aromatic carbocycles. The van der Waals surface area contributed by atoms with Gasteiger partial charge in [-0.25, -0.2) is 0 Å². The second-order valence-electron chi connectivity index (χ2n) is 6.35. The molecule has 2 aromatic rings. The molecular formula is C23H31NO5. The van der Waals surface area contributed by atoms with Gasteiger partial charge in [-0.2, -0.15) is 0 Å². The van der Waals surface area contributed by atoms with E-state index in [1.165, 1.54) is 0 Å². The van der Waals surface area contributed by atoms with Crippen molar-refractivity contribution in [2.45, 2.75) is 33.8 Å². The molecule has 158 valence electrons. The zero-order chi connectivity index (χ0) is 20.9. The van der Waals surface area contributed by atoms with Crippen molar-refractivity contribution in [2.24, 2.45) is 0 Å². The minimum absolute atomic E-state index is 0.206. The van der Waals surface area contributed by atoms with E-state index in [1.807, 2.05) is 45.0 Å². The molecule has 0 heterocycles. The lowest BCUT2D eigenvalue weighted by atomic mass is 10.1. The smallest absolute Gasteiger partial charge is 0.255 e. The summed E-state index contributed by atoms with van der Waals surface area (Å²) in [5, 5.41) is 2.93. The van der Waals surface area contributed by atoms with E-state index in [1.54, 1.807) is 18.2 Å². The van der Waals surface area contributed by atoms with Crippen molar-refractivity contribution in [1.82, 2.24) is 0 Å². The Morgan fingerprint density at radius 1 is 0.862 bits per heavy atom. The minimum Gasteiger partial charge on any atom is -0.490 e. The van der Waals surface area contributed by atoms with E-state index in [9.17, 15) is 4.79 Å². The molecule has 1 amide bonds. The summed E-state index contributed by atoms with van der Waals surface area (Å²) >= 11 is 0. The van der Waals surface area contributed by atoms with Gasteiger partial charge in [0.2, 0.25) is 0 Å². The van der Waals surface area contributed by atoms with E-state index < -0.39 is 0 Å². The first-order valence-electron chi connectivity index (χ1n) is 10.1. The highest BCUT2D eigenvalue weighted by Crippen LogP contribution is 2.29. The molecule has 0 atom stereocenters. The first-order chi connectivity index (χ1) is 14.2. The van der Waals surface area contributed by atoms with Crippen molar-refractivity contribution >= 4 is 11.6 Å². The van der Waals surface area contributed by atoms with Crippen LogP contribution < -0.4 is 14.8 Å². The number of nitrogens with one attached hydrogen (secondary N) is 1. The Balaban J connectivity index is 2.00. The number of carbonyl (C=O) groups excluding carboxylic acids is 1. The molecule has 0 saturated carbocycles. The van der Waals surface area contributed by atoms with Crippen molar-refractivity contribution < 1.29 is 23.7 Å². The van der Waals surface area contributed by atoms with Gasteiger partial charge < -0.3 is 24.3 Å². The van der Waals surface area contributed by atoms with Crippen LogP contribution in [-0.4, -0.2) is 38.9 Å². The van der Waals surface area contributed by atoms with Crippen molar-refractivity contribution in [3.63, 3.8) is 0 Å². The first kappa shape index (κ1) is 22.7. The summed E-state index contributed by atoms with van der Waals surface area (Å²) in [7, 11) is 0. The zero-order valence-corrected chi connectivity index (χ0v) is 17.5. The number of hydrogen-bond donors (Lipinski definition) is 1. The lowest BCUT2D eigenvalue weighted by Crippen LogP contribution is -2.13. The molecule has 0 aliphatic rings. The molecule has 0 aromatic heterocycles. The molecule has 6 heteroatoms. The maximum Gasteiger partial charge on any atom is 0.255 e. The van der Waals surface area contributed by atoms with Crippen LogP contribution >= 0.6 is 0 Å². The number of amides is 1. The third-order valence-electron chi connectivity index (χ3n) is 4.00. The topological polar surface area (TPSA) is 66.0 Å². The molecule has 0 spiro atoms. The highest BCUT2D eigenvalue weighted by atomic mass is 16.5. The van der Waals surface area contributed by atoms with Crippen LogP contribution in [0.3, 0.4) is 0 Å². The Morgan fingerprint density at radius 3 is 2.45 bits per heavy atom. The molecule has 1 N–H and O–H groups in total. The average molecular weight is 402 g/mol. The van der Waals surface area contributed by atoms with E-state index in [2.05, 4.69) is 5.32 Å². The molecule has 0 unspecified atom stereocenters. The highest BCUT2D eigenvalue weighted by Gasteiger charge is 2.12. The van der Waals surface area contributed by atoms with Gasteiger partial charge in [-0.3, -0.25) is 4.79 Å². The number of ether oxygens (including phenoxy) is 4. The third kappa shape index (κ3) is 7.75. The number of benzene rings is 2. The summed E-state index contributed by atoms with van der Waals surface area (Å²) in [6.07, 6.45) is 0.902. The van der Waals surface area contributed by atoms with E-state index in [0.29, 0.717) is 62.4 Å². The predicted molar refractivity (Wildman–Crippen MR) is 114 cm³/mol. The molecular weight excluding hydrogens is 370 g/mol. The largest absolute Gasteiger partial charge is 0.490 e. The van der Waals surface area contributed by atoms with E-state index >= 15 is 0 Å². The van der Waals surface area contributed by atoms with Crippen molar-refractivity contribution in [1.29, 1.82) is 0 Å². The number of rotatable bonds is 13. The van der Waals surface area contributed by atoms with Crippen LogP contribution in [-0.2, 0) is 16.1 Å². The van der Waals surface area contributed by atoms with Gasteiger partial charge in [0.05, 0.1) is 33.0 Å². The van der Waals surface area contributed by atoms with Gasteiger partial charge in [-0.15, -0.1) is 0 Å². The lowest BCUT2D eigenvalue weighted by molar-refractivity contribution is 0.0453. The summed E-state index contributed by atoms with van der Waals surface area (Å²) in [6.45, 7) is 9.26. The molecule has 0 saturated heterocycles. The normalized spacial score (nSPS) is 10.6. The number of hydrogen-bond acceptors (Lipinski definition) is 5. The van der Waals surface area contributed by atoms with Gasteiger partial charge in [0.25, 0.3) is 5.91 Å². The monoisotopic (exact) mass is 401 g/mol. The molecule has 6 nitrogen and oxygen atoms in total. The van der Waals surface area contributed by atoms with Gasteiger partial charge in [-0.05, 0) is 56.2 Å². The van der Waals surface area contributed by atoms with E-state index in [4.69, 9.17) is 18.9 Å². The maximum atomic E-state index is 12.7. The molecule has 0 aliphatic heterocycles. The quantitative estimate of drug-likeness (QED) is 0.494. The van der Waals surface area contributed by atoms with Crippen molar-refractivity contribution in [3.8, 4) is 11.5 Å². The average Bonchev–Trinajstić information content (AvgIpc) is 2.73. The summed E-state index contributed by atoms with van der Waals surface area (Å²) in [4.78, 5) is 12.7. The summed E-state index contributed by atoms with van der Waals surface area (Å²) in [5.74, 6) is 1.02. The summed E-state index contributed by atoms with van der Waals surface area (Å²) in [6, 6.07) is 12.8. The van der Waals surface area contributed by atoms with Crippen LogP contribution in [0.4, 0.5) is 5.69 Å². The van der Waals surface area contributed by atoms with Crippen LogP contribution in [0.2, 0.25) is 0 Å². The van der Waals surface area contributed by atoms with Gasteiger partial charge in [-0.1, -0.05) is 19.1 Å². The van der Waals surface area contributed by atoms with Crippen LogP contribution in [0.25, 0.3) is 0 Å². The second kappa shape index (κ2) is 12.8. The lowest BCUT2D eigenvalue weighted by Gasteiger charge is -2.13. The zero-order valence-electron chi connectivity index (χ0n) is 17.5. The first-order valence-corrected chi connectivity index (χ1v) is 10.1. The fourth-order valence-corrected chi connectivity index (χ4v) is 2.64. The number of anilines is 1. The van der Waals surface area contributed by atoms with Crippen molar-refractivity contribution in [2.75, 3.05) is 38.4 Å². The highest BCUT2D eigenvalue weighted by molar-refractivity contribution is 6.04. The minimum atomic E-state index is -0.206. The molecule has 0 aliphatic carbocycles. The Labute approximate surface area is 173 Å². The van der Waals surface area contributed by atoms with Gasteiger partial charge in [0.1, 0.15) is 0 Å². The second-order valence-corrected chi connectivity index (χ2v) is 6.35. The van der Waals surface area contributed by atoms with Crippen LogP contribution in [0.15, 0.2) is 42.5 Å².